The number of hydrogen-bond donors (Lipinski definition) is 0. The van der Waals surface area contributed by atoms with Crippen LogP contribution in [0.1, 0.15) is 39.7 Å². The van der Waals surface area contributed by atoms with Crippen LogP contribution in [0.5, 0.6) is 5.75 Å². The van der Waals surface area contributed by atoms with Crippen LogP contribution in [0.25, 0.3) is 0 Å². The third kappa shape index (κ3) is 4.41. The molecule has 0 aliphatic rings. The van der Waals surface area contributed by atoms with Crippen LogP contribution in [-0.2, 0) is 0 Å². The van der Waals surface area contributed by atoms with Gasteiger partial charge in [0, 0.05) is 0 Å². The van der Waals surface area contributed by atoms with Crippen LogP contribution in [-0.4, -0.2) is 0 Å². The first-order chi connectivity index (χ1) is 9.49. The third-order valence-corrected chi connectivity index (χ3v) is 3.24. The van der Waals surface area contributed by atoms with Gasteiger partial charge in [-0.1, -0.05) is 51.6 Å². The molecule has 0 saturated carbocycles. The third-order valence-electron chi connectivity index (χ3n) is 3.24. The Bertz CT molecular complexity index is 518. The van der Waals surface area contributed by atoms with E-state index in [1.165, 1.54) is 16.7 Å². The summed E-state index contributed by atoms with van der Waals surface area (Å²) in [5, 5.41) is 0. The molecule has 1 aromatic rings. The molecule has 0 spiro atoms. The molecule has 1 heteroatoms. The van der Waals surface area contributed by atoms with Crippen LogP contribution in [0, 0.1) is 12.8 Å². The molecule has 1 nitrogen and oxygen atoms in total. The first-order valence-corrected chi connectivity index (χ1v) is 7.29. The molecule has 0 fully saturated rings. The number of hydrogen-bond acceptors (Lipinski definition) is 1. The zero-order valence-corrected chi connectivity index (χ0v) is 13.4. The topological polar surface area (TPSA) is 9.23 Å². The quantitative estimate of drug-likeness (QED) is 0.467. The predicted molar refractivity (Wildman–Crippen MR) is 87.9 cm³/mol. The zero-order chi connectivity index (χ0) is 15.1. The minimum atomic E-state index is 0.457. The lowest BCUT2D eigenvalue weighted by Crippen LogP contribution is -2.04. The molecule has 0 amide bonds. The highest BCUT2D eigenvalue weighted by Crippen LogP contribution is 2.27. The average Bonchev–Trinajstić information content (AvgIpc) is 2.38. The standard InChI is InChI=1S/C19H26O/c1-7-10-19(14(3)4)18(8-2)16(6)20-17-12-9-11-15(5)13-17/h7,9-14H,6,8H2,1-5H3/b10-7-,19-18+. The normalized spacial score (nSPS) is 12.7. The highest BCUT2D eigenvalue weighted by molar-refractivity contribution is 5.39. The minimum Gasteiger partial charge on any atom is -0.458 e. The monoisotopic (exact) mass is 270 g/mol. The second-order valence-corrected chi connectivity index (χ2v) is 5.28. The highest BCUT2D eigenvalue weighted by Gasteiger charge is 2.11. The van der Waals surface area contributed by atoms with Gasteiger partial charge < -0.3 is 4.74 Å². The lowest BCUT2D eigenvalue weighted by atomic mass is 9.94. The van der Waals surface area contributed by atoms with Gasteiger partial charge in [-0.05, 0) is 55.0 Å². The van der Waals surface area contributed by atoms with Crippen molar-refractivity contribution in [3.05, 3.63) is 65.5 Å². The Hall–Kier alpha value is -1.76. The number of ether oxygens (including phenoxy) is 1. The molecule has 108 valence electrons. The summed E-state index contributed by atoms with van der Waals surface area (Å²) >= 11 is 0. The van der Waals surface area contributed by atoms with E-state index in [0.717, 1.165) is 17.9 Å². The van der Waals surface area contributed by atoms with Crippen LogP contribution < -0.4 is 4.74 Å². The Labute approximate surface area is 123 Å². The molecule has 0 bridgehead atoms. The summed E-state index contributed by atoms with van der Waals surface area (Å²) in [7, 11) is 0. The van der Waals surface area contributed by atoms with Crippen LogP contribution in [0.15, 0.2) is 59.9 Å². The summed E-state index contributed by atoms with van der Waals surface area (Å²) in [5.74, 6) is 2.06. The van der Waals surface area contributed by atoms with Gasteiger partial charge in [0.1, 0.15) is 11.5 Å². The lowest BCUT2D eigenvalue weighted by molar-refractivity contribution is 0.433. The van der Waals surface area contributed by atoms with E-state index in [1.807, 2.05) is 25.1 Å². The van der Waals surface area contributed by atoms with E-state index in [4.69, 9.17) is 4.74 Å². The molecule has 0 heterocycles. The van der Waals surface area contributed by atoms with Crippen molar-refractivity contribution in [1.82, 2.24) is 0 Å². The summed E-state index contributed by atoms with van der Waals surface area (Å²) in [6.45, 7) is 14.8. The molecule has 0 N–H and O–H groups in total. The predicted octanol–water partition coefficient (Wildman–Crippen LogP) is 5.83. The Morgan fingerprint density at radius 2 is 2.05 bits per heavy atom. The fourth-order valence-corrected chi connectivity index (χ4v) is 2.27. The Morgan fingerprint density at radius 1 is 1.35 bits per heavy atom. The van der Waals surface area contributed by atoms with E-state index >= 15 is 0 Å². The Balaban J connectivity index is 3.05. The molecule has 0 saturated heterocycles. The van der Waals surface area contributed by atoms with Crippen molar-refractivity contribution in [2.75, 3.05) is 0 Å². The Morgan fingerprint density at radius 3 is 2.55 bits per heavy atom. The maximum absolute atomic E-state index is 5.94. The smallest absolute Gasteiger partial charge is 0.127 e. The van der Waals surface area contributed by atoms with Gasteiger partial charge in [-0.2, -0.15) is 0 Å². The maximum Gasteiger partial charge on any atom is 0.127 e. The molecule has 0 unspecified atom stereocenters. The van der Waals surface area contributed by atoms with Gasteiger partial charge >= 0.3 is 0 Å². The van der Waals surface area contributed by atoms with E-state index in [-0.39, 0.29) is 0 Å². The number of benzene rings is 1. The van der Waals surface area contributed by atoms with Gasteiger partial charge in [-0.15, -0.1) is 0 Å². The van der Waals surface area contributed by atoms with E-state index in [9.17, 15) is 0 Å². The molecule has 0 aromatic heterocycles. The summed E-state index contributed by atoms with van der Waals surface area (Å²) in [6, 6.07) is 8.06. The number of rotatable bonds is 6. The van der Waals surface area contributed by atoms with E-state index in [2.05, 4.69) is 52.5 Å². The van der Waals surface area contributed by atoms with Gasteiger partial charge in [0.25, 0.3) is 0 Å². The summed E-state index contributed by atoms with van der Waals surface area (Å²) in [4.78, 5) is 0. The fraction of sp³-hybridized carbons (Fsp3) is 0.368. The summed E-state index contributed by atoms with van der Waals surface area (Å²) in [5.41, 5.74) is 3.68. The molecular weight excluding hydrogens is 244 g/mol. The average molecular weight is 270 g/mol. The van der Waals surface area contributed by atoms with Gasteiger partial charge in [-0.25, -0.2) is 0 Å². The lowest BCUT2D eigenvalue weighted by Gasteiger charge is -2.17. The molecule has 1 aromatic carbocycles. The van der Waals surface area contributed by atoms with Crippen molar-refractivity contribution >= 4 is 0 Å². The van der Waals surface area contributed by atoms with Crippen LogP contribution >= 0.6 is 0 Å². The van der Waals surface area contributed by atoms with Gasteiger partial charge in [0.05, 0.1) is 0 Å². The molecule has 0 aliphatic carbocycles. The molecule has 0 aliphatic heterocycles. The summed E-state index contributed by atoms with van der Waals surface area (Å²) < 4.78 is 5.94. The van der Waals surface area contributed by atoms with Gasteiger partial charge in [-0.3, -0.25) is 0 Å². The largest absolute Gasteiger partial charge is 0.458 e. The van der Waals surface area contributed by atoms with Gasteiger partial charge in [0.2, 0.25) is 0 Å². The van der Waals surface area contributed by atoms with E-state index in [1.54, 1.807) is 0 Å². The van der Waals surface area contributed by atoms with Crippen LogP contribution in [0.4, 0.5) is 0 Å². The number of aryl methyl sites for hydroxylation is 1. The number of allylic oxidation sites excluding steroid dienone is 4. The van der Waals surface area contributed by atoms with Crippen LogP contribution in [0.2, 0.25) is 0 Å². The van der Waals surface area contributed by atoms with Crippen molar-refractivity contribution in [3.8, 4) is 5.75 Å². The molecule has 0 radical (unpaired) electrons. The van der Waals surface area contributed by atoms with Crippen LogP contribution in [0.3, 0.4) is 0 Å². The first-order valence-electron chi connectivity index (χ1n) is 7.29. The molecule has 0 atom stereocenters. The van der Waals surface area contributed by atoms with Crippen molar-refractivity contribution < 1.29 is 4.74 Å². The molecule has 20 heavy (non-hydrogen) atoms. The van der Waals surface area contributed by atoms with Crippen molar-refractivity contribution in [2.24, 2.45) is 5.92 Å². The summed E-state index contributed by atoms with van der Waals surface area (Å²) in [6.07, 6.45) is 5.15. The SMILES string of the molecule is C=C(Oc1cccc(C)c1)/C(CC)=C(\C=C/C)C(C)C. The highest BCUT2D eigenvalue weighted by atomic mass is 16.5. The second-order valence-electron chi connectivity index (χ2n) is 5.28. The first kappa shape index (κ1) is 16.3. The van der Waals surface area contributed by atoms with Gasteiger partial charge in [0.15, 0.2) is 0 Å². The van der Waals surface area contributed by atoms with E-state index < -0.39 is 0 Å². The van der Waals surface area contributed by atoms with Crippen molar-refractivity contribution in [1.29, 1.82) is 0 Å². The minimum absolute atomic E-state index is 0.457. The Kier molecular flexibility index (Phi) is 6.30. The second kappa shape index (κ2) is 7.74. The molecular formula is C19H26O. The fourth-order valence-electron chi connectivity index (χ4n) is 2.27. The van der Waals surface area contributed by atoms with Crippen molar-refractivity contribution in [2.45, 2.75) is 41.0 Å². The zero-order valence-electron chi connectivity index (χ0n) is 13.4. The van der Waals surface area contributed by atoms with E-state index in [0.29, 0.717) is 5.92 Å². The maximum atomic E-state index is 5.94. The van der Waals surface area contributed by atoms with Crippen molar-refractivity contribution in [3.63, 3.8) is 0 Å². The molecule has 1 rings (SSSR count).